The Balaban J connectivity index is 1.90. The standard InChI is InChI=1S/C23H32N4O5/c1-13(2)12-16(21(29)26-11-7-10-18(26)22(30)31)25-23(32)27-17-9-6-5-8-15(17)24-20(28)19(27)14(3)4/h5-6,8-9,13-14,16,18-19H,7,10-12H2,1-4H3,(H,24,28)(H,25,32)(H,30,31)/t16-,18-,19-/m0/s1. The van der Waals surface area contributed by atoms with Gasteiger partial charge in [-0.2, -0.15) is 0 Å². The highest BCUT2D eigenvalue weighted by atomic mass is 16.4. The predicted octanol–water partition coefficient (Wildman–Crippen LogP) is 2.67. The van der Waals surface area contributed by atoms with E-state index < -0.39 is 36.0 Å². The first-order valence-corrected chi connectivity index (χ1v) is 11.1. The number of likely N-dealkylation sites (tertiary alicyclic amines) is 1. The number of carboxylic acid groups (broad SMARTS) is 1. The van der Waals surface area contributed by atoms with Crippen LogP contribution >= 0.6 is 0 Å². The summed E-state index contributed by atoms with van der Waals surface area (Å²) < 4.78 is 0. The molecule has 0 saturated carbocycles. The SMILES string of the molecule is CC(C)C[C@H](NC(=O)N1c2ccccc2NC(=O)[C@@H]1C(C)C)C(=O)N1CCC[C@H]1C(=O)O. The van der Waals surface area contributed by atoms with Gasteiger partial charge in [-0.05, 0) is 43.2 Å². The second kappa shape index (κ2) is 9.58. The summed E-state index contributed by atoms with van der Waals surface area (Å²) >= 11 is 0. The van der Waals surface area contributed by atoms with Gasteiger partial charge < -0.3 is 20.6 Å². The number of carbonyl (C=O) groups is 4. The van der Waals surface area contributed by atoms with Crippen molar-refractivity contribution in [1.29, 1.82) is 0 Å². The van der Waals surface area contributed by atoms with Crippen LogP contribution in [0.1, 0.15) is 47.0 Å². The molecule has 9 nitrogen and oxygen atoms in total. The Morgan fingerprint density at radius 2 is 1.88 bits per heavy atom. The molecule has 0 aliphatic carbocycles. The van der Waals surface area contributed by atoms with Crippen LogP contribution < -0.4 is 15.5 Å². The topological polar surface area (TPSA) is 119 Å². The van der Waals surface area contributed by atoms with Gasteiger partial charge in [0.2, 0.25) is 11.8 Å². The molecule has 4 amide bonds. The van der Waals surface area contributed by atoms with Crippen LogP contribution in [0.15, 0.2) is 24.3 Å². The van der Waals surface area contributed by atoms with Gasteiger partial charge in [-0.1, -0.05) is 39.8 Å². The van der Waals surface area contributed by atoms with E-state index in [9.17, 15) is 24.3 Å². The van der Waals surface area contributed by atoms with Crippen molar-refractivity contribution in [2.24, 2.45) is 11.8 Å². The molecular weight excluding hydrogens is 412 g/mol. The fourth-order valence-corrected chi connectivity index (χ4v) is 4.50. The Labute approximate surface area is 188 Å². The molecule has 1 aromatic rings. The lowest BCUT2D eigenvalue weighted by molar-refractivity contribution is -0.149. The Morgan fingerprint density at radius 1 is 1.19 bits per heavy atom. The van der Waals surface area contributed by atoms with E-state index >= 15 is 0 Å². The fourth-order valence-electron chi connectivity index (χ4n) is 4.50. The van der Waals surface area contributed by atoms with E-state index in [1.807, 2.05) is 27.7 Å². The first kappa shape index (κ1) is 23.6. The maximum Gasteiger partial charge on any atom is 0.326 e. The number of anilines is 2. The van der Waals surface area contributed by atoms with Crippen LogP contribution in [0.3, 0.4) is 0 Å². The summed E-state index contributed by atoms with van der Waals surface area (Å²) in [6, 6.07) is 3.99. The minimum absolute atomic E-state index is 0.0907. The monoisotopic (exact) mass is 444 g/mol. The smallest absolute Gasteiger partial charge is 0.326 e. The number of hydrogen-bond acceptors (Lipinski definition) is 4. The van der Waals surface area contributed by atoms with Crippen LogP contribution in [-0.4, -0.2) is 58.5 Å². The number of aliphatic carboxylic acids is 1. The number of urea groups is 1. The summed E-state index contributed by atoms with van der Waals surface area (Å²) in [6.07, 6.45) is 1.38. The summed E-state index contributed by atoms with van der Waals surface area (Å²) in [7, 11) is 0. The first-order chi connectivity index (χ1) is 15.1. The summed E-state index contributed by atoms with van der Waals surface area (Å²) in [5.41, 5.74) is 1.09. The van der Waals surface area contributed by atoms with Crippen LogP contribution in [0, 0.1) is 11.8 Å². The molecule has 0 bridgehead atoms. The van der Waals surface area contributed by atoms with Gasteiger partial charge in [0.1, 0.15) is 18.1 Å². The van der Waals surface area contributed by atoms with E-state index in [2.05, 4.69) is 10.6 Å². The zero-order chi connectivity index (χ0) is 23.6. The maximum absolute atomic E-state index is 13.5. The molecule has 0 radical (unpaired) electrons. The first-order valence-electron chi connectivity index (χ1n) is 11.1. The van der Waals surface area contributed by atoms with Crippen molar-refractivity contribution in [3.05, 3.63) is 24.3 Å². The number of nitrogens with zero attached hydrogens (tertiary/aromatic N) is 2. The van der Waals surface area contributed by atoms with Crippen molar-refractivity contribution in [3.8, 4) is 0 Å². The fraction of sp³-hybridized carbons (Fsp3) is 0.565. The molecule has 1 saturated heterocycles. The Hall–Kier alpha value is -3.10. The summed E-state index contributed by atoms with van der Waals surface area (Å²) in [5.74, 6) is -1.79. The highest BCUT2D eigenvalue weighted by Crippen LogP contribution is 2.34. The Kier molecular flexibility index (Phi) is 7.06. The van der Waals surface area contributed by atoms with Crippen molar-refractivity contribution >= 4 is 35.2 Å². The van der Waals surface area contributed by atoms with Gasteiger partial charge in [-0.3, -0.25) is 14.5 Å². The summed E-state index contributed by atoms with van der Waals surface area (Å²) in [5, 5.41) is 15.2. The molecule has 1 fully saturated rings. The highest BCUT2D eigenvalue weighted by molar-refractivity contribution is 6.12. The molecule has 174 valence electrons. The molecule has 32 heavy (non-hydrogen) atoms. The third-order valence-corrected chi connectivity index (χ3v) is 5.94. The van der Waals surface area contributed by atoms with Gasteiger partial charge in [-0.25, -0.2) is 9.59 Å². The lowest BCUT2D eigenvalue weighted by atomic mass is 9.97. The number of carbonyl (C=O) groups excluding carboxylic acids is 3. The molecule has 0 spiro atoms. The number of carboxylic acids is 1. The van der Waals surface area contributed by atoms with Crippen LogP contribution in [0.5, 0.6) is 0 Å². The molecule has 1 aromatic carbocycles. The number of nitrogens with one attached hydrogen (secondary N) is 2. The van der Waals surface area contributed by atoms with Gasteiger partial charge >= 0.3 is 12.0 Å². The maximum atomic E-state index is 13.5. The minimum Gasteiger partial charge on any atom is -0.480 e. The van der Waals surface area contributed by atoms with Gasteiger partial charge in [0.15, 0.2) is 0 Å². The van der Waals surface area contributed by atoms with E-state index in [4.69, 9.17) is 0 Å². The normalized spacial score (nSPS) is 21.4. The summed E-state index contributed by atoms with van der Waals surface area (Å²) in [4.78, 5) is 53.9. The Bertz CT molecular complexity index is 900. The largest absolute Gasteiger partial charge is 0.480 e. The van der Waals surface area contributed by atoms with Gasteiger partial charge in [0.25, 0.3) is 0 Å². The second-order valence-corrected chi connectivity index (χ2v) is 9.22. The van der Waals surface area contributed by atoms with Crippen molar-refractivity contribution in [1.82, 2.24) is 10.2 Å². The lowest BCUT2D eigenvalue weighted by Gasteiger charge is -2.39. The molecule has 0 aromatic heterocycles. The van der Waals surface area contributed by atoms with Gasteiger partial charge in [-0.15, -0.1) is 0 Å². The number of fused-ring (bicyclic) bond motifs is 1. The second-order valence-electron chi connectivity index (χ2n) is 9.22. The number of amides is 4. The van der Waals surface area contributed by atoms with Crippen molar-refractivity contribution in [3.63, 3.8) is 0 Å². The molecule has 3 atom stereocenters. The molecule has 2 aliphatic rings. The zero-order valence-electron chi connectivity index (χ0n) is 19.0. The van der Waals surface area contributed by atoms with Crippen molar-refractivity contribution in [2.45, 2.75) is 65.1 Å². The minimum atomic E-state index is -1.04. The number of rotatable bonds is 6. The van der Waals surface area contributed by atoms with Crippen molar-refractivity contribution < 1.29 is 24.3 Å². The quantitative estimate of drug-likeness (QED) is 0.623. The van der Waals surface area contributed by atoms with Gasteiger partial charge in [0.05, 0.1) is 11.4 Å². The molecule has 2 aliphatic heterocycles. The average molecular weight is 445 g/mol. The zero-order valence-corrected chi connectivity index (χ0v) is 19.0. The molecule has 0 unspecified atom stereocenters. The van der Waals surface area contributed by atoms with Crippen LogP contribution in [0.2, 0.25) is 0 Å². The van der Waals surface area contributed by atoms with E-state index in [0.717, 1.165) is 0 Å². The predicted molar refractivity (Wildman–Crippen MR) is 120 cm³/mol. The van der Waals surface area contributed by atoms with E-state index in [1.165, 1.54) is 9.80 Å². The third-order valence-electron chi connectivity index (χ3n) is 5.94. The van der Waals surface area contributed by atoms with E-state index in [0.29, 0.717) is 37.2 Å². The third kappa shape index (κ3) is 4.71. The summed E-state index contributed by atoms with van der Waals surface area (Å²) in [6.45, 7) is 7.94. The Morgan fingerprint density at radius 3 is 2.50 bits per heavy atom. The average Bonchev–Trinajstić information content (AvgIpc) is 3.21. The van der Waals surface area contributed by atoms with Crippen LogP contribution in [0.25, 0.3) is 0 Å². The van der Waals surface area contributed by atoms with Crippen LogP contribution in [-0.2, 0) is 14.4 Å². The van der Waals surface area contributed by atoms with E-state index in [1.54, 1.807) is 24.3 Å². The number of para-hydroxylation sites is 2. The van der Waals surface area contributed by atoms with E-state index in [-0.39, 0.29) is 17.7 Å². The van der Waals surface area contributed by atoms with Crippen molar-refractivity contribution in [2.75, 3.05) is 16.8 Å². The molecule has 9 heteroatoms. The highest BCUT2D eigenvalue weighted by Gasteiger charge is 2.42. The number of benzene rings is 1. The van der Waals surface area contributed by atoms with Crippen LogP contribution in [0.4, 0.5) is 16.2 Å². The number of hydrogen-bond donors (Lipinski definition) is 3. The molecule has 2 heterocycles. The lowest BCUT2D eigenvalue weighted by Crippen LogP contribution is -2.60. The van der Waals surface area contributed by atoms with Gasteiger partial charge in [0, 0.05) is 6.54 Å². The molecule has 3 N–H and O–H groups in total. The molecular formula is C23H32N4O5. The molecule has 3 rings (SSSR count).